The summed E-state index contributed by atoms with van der Waals surface area (Å²) in [5.41, 5.74) is 0. The first-order valence-corrected chi connectivity index (χ1v) is 5.10. The Morgan fingerprint density at radius 1 is 0.917 bits per heavy atom. The van der Waals surface area contributed by atoms with Crippen LogP contribution in [0.3, 0.4) is 0 Å². The Morgan fingerprint density at radius 3 is 2.08 bits per heavy atom. The van der Waals surface area contributed by atoms with Crippen LogP contribution < -0.4 is 5.84 Å². The van der Waals surface area contributed by atoms with Crippen molar-refractivity contribution in [1.29, 1.82) is 0 Å². The molecule has 0 bridgehead atoms. The summed E-state index contributed by atoms with van der Waals surface area (Å²) in [7, 11) is 0. The van der Waals surface area contributed by atoms with E-state index in [9.17, 15) is 0 Å². The lowest BCUT2D eigenvalue weighted by molar-refractivity contribution is 0.128. The summed E-state index contributed by atoms with van der Waals surface area (Å²) in [5, 5.41) is 1.95. The molecule has 70 valence electrons. The van der Waals surface area contributed by atoms with Crippen molar-refractivity contribution in [2.75, 3.05) is 26.2 Å². The Kier molecular flexibility index (Phi) is 2.63. The fourth-order valence-corrected chi connectivity index (χ4v) is 2.36. The molecule has 2 N–H and O–H groups in total. The van der Waals surface area contributed by atoms with Gasteiger partial charge in [0.15, 0.2) is 0 Å². The van der Waals surface area contributed by atoms with E-state index in [4.69, 9.17) is 5.84 Å². The predicted octanol–water partition coefficient (Wildman–Crippen LogP) is 0.420. The quantitative estimate of drug-likeness (QED) is 0.577. The number of nitrogens with zero attached hydrogens (tertiary/aromatic N) is 2. The van der Waals surface area contributed by atoms with E-state index < -0.39 is 0 Å². The van der Waals surface area contributed by atoms with Gasteiger partial charge in [-0.2, -0.15) is 0 Å². The fraction of sp³-hybridized carbons (Fsp3) is 1.00. The van der Waals surface area contributed by atoms with Crippen LogP contribution in [0.15, 0.2) is 0 Å². The smallest absolute Gasteiger partial charge is 0.0143 e. The summed E-state index contributed by atoms with van der Waals surface area (Å²) in [6, 6.07) is 0.840. The van der Waals surface area contributed by atoms with E-state index in [0.29, 0.717) is 0 Å². The van der Waals surface area contributed by atoms with Crippen molar-refractivity contribution in [2.45, 2.75) is 31.7 Å². The van der Waals surface area contributed by atoms with Crippen molar-refractivity contribution < 1.29 is 0 Å². The van der Waals surface area contributed by atoms with Crippen molar-refractivity contribution in [3.05, 3.63) is 0 Å². The zero-order chi connectivity index (χ0) is 8.39. The van der Waals surface area contributed by atoms with Crippen LogP contribution in [-0.2, 0) is 0 Å². The van der Waals surface area contributed by atoms with E-state index in [1.807, 2.05) is 5.01 Å². The molecule has 0 saturated carbocycles. The van der Waals surface area contributed by atoms with Gasteiger partial charge in [-0.25, -0.2) is 5.01 Å². The van der Waals surface area contributed by atoms with Crippen LogP contribution >= 0.6 is 0 Å². The third kappa shape index (κ3) is 1.79. The number of hydrogen-bond donors (Lipinski definition) is 1. The highest BCUT2D eigenvalue weighted by atomic mass is 15.4. The number of hydrogen-bond acceptors (Lipinski definition) is 3. The fourth-order valence-electron chi connectivity index (χ4n) is 2.36. The molecule has 2 saturated heterocycles. The minimum Gasteiger partial charge on any atom is -0.300 e. The number of rotatable bonds is 1. The van der Waals surface area contributed by atoms with Crippen molar-refractivity contribution in [2.24, 2.45) is 5.84 Å². The third-order valence-electron chi connectivity index (χ3n) is 3.16. The Labute approximate surface area is 74.5 Å². The molecule has 2 aliphatic rings. The predicted molar refractivity (Wildman–Crippen MR) is 49.6 cm³/mol. The maximum absolute atomic E-state index is 5.71. The highest BCUT2D eigenvalue weighted by molar-refractivity contribution is 4.80. The topological polar surface area (TPSA) is 32.5 Å². The monoisotopic (exact) mass is 169 g/mol. The molecule has 0 unspecified atom stereocenters. The van der Waals surface area contributed by atoms with Gasteiger partial charge in [-0.1, -0.05) is 0 Å². The van der Waals surface area contributed by atoms with Crippen LogP contribution in [0.1, 0.15) is 25.7 Å². The molecular formula is C9H19N3. The highest BCUT2D eigenvalue weighted by Gasteiger charge is 2.24. The average Bonchev–Trinajstić information content (AvgIpc) is 2.58. The van der Waals surface area contributed by atoms with E-state index in [1.54, 1.807) is 0 Å². The molecule has 0 aliphatic carbocycles. The first-order valence-electron chi connectivity index (χ1n) is 5.10. The Morgan fingerprint density at radius 2 is 1.50 bits per heavy atom. The zero-order valence-electron chi connectivity index (χ0n) is 7.71. The lowest BCUT2D eigenvalue weighted by Crippen LogP contribution is -2.46. The second-order valence-corrected chi connectivity index (χ2v) is 4.01. The molecule has 2 heterocycles. The number of nitrogens with two attached hydrogens (primary N) is 1. The zero-order valence-corrected chi connectivity index (χ0v) is 7.71. The summed E-state index contributed by atoms with van der Waals surface area (Å²) >= 11 is 0. The van der Waals surface area contributed by atoms with Crippen LogP contribution in [0.5, 0.6) is 0 Å². The maximum Gasteiger partial charge on any atom is 0.0143 e. The first kappa shape index (κ1) is 8.48. The summed E-state index contributed by atoms with van der Waals surface area (Å²) in [5.74, 6) is 5.71. The Bertz CT molecular complexity index is 135. The van der Waals surface area contributed by atoms with E-state index in [2.05, 4.69) is 4.90 Å². The summed E-state index contributed by atoms with van der Waals surface area (Å²) in [6.07, 6.45) is 5.36. The van der Waals surface area contributed by atoms with Gasteiger partial charge in [0.25, 0.3) is 0 Å². The van der Waals surface area contributed by atoms with E-state index >= 15 is 0 Å². The van der Waals surface area contributed by atoms with Crippen LogP contribution in [0.25, 0.3) is 0 Å². The van der Waals surface area contributed by atoms with Crippen molar-refractivity contribution in [3.63, 3.8) is 0 Å². The van der Waals surface area contributed by atoms with Gasteiger partial charge in [-0.3, -0.25) is 5.84 Å². The molecular weight excluding hydrogens is 150 g/mol. The number of piperidine rings is 1. The largest absolute Gasteiger partial charge is 0.300 e. The number of likely N-dealkylation sites (tertiary alicyclic amines) is 1. The maximum atomic E-state index is 5.71. The lowest BCUT2D eigenvalue weighted by Gasteiger charge is -2.34. The molecule has 0 spiro atoms. The van der Waals surface area contributed by atoms with Crippen LogP contribution in [0.4, 0.5) is 0 Å². The lowest BCUT2D eigenvalue weighted by atomic mass is 10.1. The van der Waals surface area contributed by atoms with Crippen LogP contribution in [0, 0.1) is 0 Å². The molecule has 0 amide bonds. The first-order chi connectivity index (χ1) is 5.86. The SMILES string of the molecule is NN1CCC(N2CCCC2)CC1. The van der Waals surface area contributed by atoms with Gasteiger partial charge < -0.3 is 4.90 Å². The van der Waals surface area contributed by atoms with Gasteiger partial charge in [0.1, 0.15) is 0 Å². The van der Waals surface area contributed by atoms with Crippen molar-refractivity contribution in [3.8, 4) is 0 Å². The van der Waals surface area contributed by atoms with Gasteiger partial charge in [0.05, 0.1) is 0 Å². The van der Waals surface area contributed by atoms with Gasteiger partial charge >= 0.3 is 0 Å². The molecule has 3 nitrogen and oxygen atoms in total. The van der Waals surface area contributed by atoms with E-state index in [1.165, 1.54) is 38.8 Å². The summed E-state index contributed by atoms with van der Waals surface area (Å²) < 4.78 is 0. The molecule has 2 aliphatic heterocycles. The van der Waals surface area contributed by atoms with Gasteiger partial charge in [-0.15, -0.1) is 0 Å². The molecule has 0 atom stereocenters. The molecule has 2 fully saturated rings. The van der Waals surface area contributed by atoms with Gasteiger partial charge in [0, 0.05) is 19.1 Å². The Hall–Kier alpha value is -0.120. The summed E-state index contributed by atoms with van der Waals surface area (Å²) in [6.45, 7) is 4.83. The highest BCUT2D eigenvalue weighted by Crippen LogP contribution is 2.19. The average molecular weight is 169 g/mol. The molecule has 12 heavy (non-hydrogen) atoms. The summed E-state index contributed by atoms with van der Waals surface area (Å²) in [4.78, 5) is 2.65. The molecule has 0 aromatic heterocycles. The second kappa shape index (κ2) is 3.73. The molecule has 0 radical (unpaired) electrons. The van der Waals surface area contributed by atoms with Crippen LogP contribution in [0.2, 0.25) is 0 Å². The minimum atomic E-state index is 0.840. The number of hydrazine groups is 1. The molecule has 3 heteroatoms. The van der Waals surface area contributed by atoms with Gasteiger partial charge in [-0.05, 0) is 38.8 Å². The van der Waals surface area contributed by atoms with E-state index in [-0.39, 0.29) is 0 Å². The molecule has 2 rings (SSSR count). The van der Waals surface area contributed by atoms with Crippen LogP contribution in [-0.4, -0.2) is 42.1 Å². The normalized spacial score (nSPS) is 29.8. The Balaban J connectivity index is 1.80. The standard InChI is InChI=1S/C9H19N3/c10-12-7-3-9(4-8-12)11-5-1-2-6-11/h9H,1-8,10H2. The van der Waals surface area contributed by atoms with Gasteiger partial charge in [0.2, 0.25) is 0 Å². The molecule has 0 aromatic carbocycles. The van der Waals surface area contributed by atoms with Crippen molar-refractivity contribution >= 4 is 0 Å². The molecule has 0 aromatic rings. The third-order valence-corrected chi connectivity index (χ3v) is 3.16. The van der Waals surface area contributed by atoms with E-state index in [0.717, 1.165) is 19.1 Å². The minimum absolute atomic E-state index is 0.840. The van der Waals surface area contributed by atoms with Crippen molar-refractivity contribution in [1.82, 2.24) is 9.91 Å². The second-order valence-electron chi connectivity index (χ2n) is 4.01.